The molecule has 3 aromatic heterocycles. The molecule has 6 nitrogen and oxygen atoms in total. The van der Waals surface area contributed by atoms with Gasteiger partial charge in [0.15, 0.2) is 0 Å². The van der Waals surface area contributed by atoms with Crippen LogP contribution in [0.5, 0.6) is 0 Å². The van der Waals surface area contributed by atoms with Gasteiger partial charge < -0.3 is 5.32 Å². The van der Waals surface area contributed by atoms with E-state index >= 15 is 0 Å². The van der Waals surface area contributed by atoms with Gasteiger partial charge in [0.05, 0.1) is 28.2 Å². The van der Waals surface area contributed by atoms with Crippen molar-refractivity contribution in [2.75, 3.05) is 11.1 Å². The highest BCUT2D eigenvalue weighted by Gasteiger charge is 2.19. The molecule has 29 heavy (non-hydrogen) atoms. The van der Waals surface area contributed by atoms with Gasteiger partial charge in [0.1, 0.15) is 5.69 Å². The third kappa shape index (κ3) is 4.35. The second kappa shape index (κ2) is 8.70. The van der Waals surface area contributed by atoms with Crippen molar-refractivity contribution in [3.63, 3.8) is 0 Å². The Morgan fingerprint density at radius 1 is 1.07 bits per heavy atom. The number of rotatable bonds is 6. The maximum Gasteiger partial charge on any atom is 0.259 e. The second-order valence-electron chi connectivity index (χ2n) is 6.19. The number of anilines is 1. The molecule has 0 saturated heterocycles. The summed E-state index contributed by atoms with van der Waals surface area (Å²) in [6.45, 7) is 2.08. The topological polar surface area (TPSA) is 72.7 Å². The molecule has 0 radical (unpaired) electrons. The van der Waals surface area contributed by atoms with Crippen LogP contribution in [0.1, 0.15) is 17.3 Å². The Balaban J connectivity index is 1.67. The van der Waals surface area contributed by atoms with Gasteiger partial charge in [-0.3, -0.25) is 9.78 Å². The summed E-state index contributed by atoms with van der Waals surface area (Å²) < 4.78 is 1.70. The number of para-hydroxylation sites is 1. The molecule has 0 spiro atoms. The quantitative estimate of drug-likeness (QED) is 0.474. The number of thioether (sulfide) groups is 1. The first-order valence-corrected chi connectivity index (χ1v) is 10.2. The van der Waals surface area contributed by atoms with Crippen molar-refractivity contribution in [3.8, 4) is 16.9 Å². The fourth-order valence-corrected chi connectivity index (χ4v) is 3.44. The van der Waals surface area contributed by atoms with E-state index in [1.54, 1.807) is 41.2 Å². The first-order chi connectivity index (χ1) is 14.2. The van der Waals surface area contributed by atoms with E-state index in [2.05, 4.69) is 27.3 Å². The fraction of sp³-hybridized carbons (Fsp3) is 0.0909. The number of carbonyl (C=O) groups is 1. The highest BCUT2D eigenvalue weighted by atomic mass is 32.2. The van der Waals surface area contributed by atoms with Gasteiger partial charge in [-0.05, 0) is 42.2 Å². The van der Waals surface area contributed by atoms with E-state index in [1.165, 1.54) is 0 Å². The van der Waals surface area contributed by atoms with E-state index in [0.717, 1.165) is 22.0 Å². The summed E-state index contributed by atoms with van der Waals surface area (Å²) in [6, 6.07) is 17.2. The molecule has 7 heteroatoms. The summed E-state index contributed by atoms with van der Waals surface area (Å²) >= 11 is 1.66. The van der Waals surface area contributed by atoms with Crippen LogP contribution < -0.4 is 5.32 Å². The molecule has 0 unspecified atom stereocenters. The van der Waals surface area contributed by atoms with Gasteiger partial charge in [0.25, 0.3) is 5.91 Å². The van der Waals surface area contributed by atoms with Gasteiger partial charge in [-0.25, -0.2) is 9.67 Å². The third-order valence-electron chi connectivity index (χ3n) is 4.20. The fourth-order valence-electron chi connectivity index (χ4n) is 2.86. The van der Waals surface area contributed by atoms with Crippen LogP contribution in [0.25, 0.3) is 16.9 Å². The summed E-state index contributed by atoms with van der Waals surface area (Å²) in [4.78, 5) is 21.6. The van der Waals surface area contributed by atoms with Crippen molar-refractivity contribution >= 4 is 23.4 Å². The van der Waals surface area contributed by atoms with Gasteiger partial charge in [0, 0.05) is 24.2 Å². The molecular weight excluding hydrogens is 382 g/mol. The second-order valence-corrected chi connectivity index (χ2v) is 7.47. The van der Waals surface area contributed by atoms with E-state index in [9.17, 15) is 4.79 Å². The van der Waals surface area contributed by atoms with E-state index in [4.69, 9.17) is 0 Å². The Kier molecular flexibility index (Phi) is 5.67. The van der Waals surface area contributed by atoms with E-state index in [1.807, 2.05) is 54.6 Å². The van der Waals surface area contributed by atoms with Gasteiger partial charge in [-0.1, -0.05) is 25.1 Å². The van der Waals surface area contributed by atoms with Crippen LogP contribution in [-0.4, -0.2) is 31.4 Å². The molecule has 0 bridgehead atoms. The minimum Gasteiger partial charge on any atom is -0.320 e. The minimum atomic E-state index is -0.247. The number of amides is 1. The van der Waals surface area contributed by atoms with Crippen LogP contribution in [0, 0.1) is 0 Å². The highest BCUT2D eigenvalue weighted by Crippen LogP contribution is 2.24. The maximum atomic E-state index is 13.0. The molecule has 0 aliphatic carbocycles. The Morgan fingerprint density at radius 3 is 2.62 bits per heavy atom. The van der Waals surface area contributed by atoms with Crippen LogP contribution in [-0.2, 0) is 0 Å². The Hall–Kier alpha value is -3.45. The van der Waals surface area contributed by atoms with E-state index < -0.39 is 0 Å². The molecule has 0 saturated carbocycles. The lowest BCUT2D eigenvalue weighted by Gasteiger charge is -2.06. The molecule has 144 valence electrons. The number of nitrogens with one attached hydrogen (secondary N) is 1. The average Bonchev–Trinajstić information content (AvgIpc) is 3.22. The lowest BCUT2D eigenvalue weighted by atomic mass is 10.1. The molecule has 0 aliphatic heterocycles. The van der Waals surface area contributed by atoms with Crippen molar-refractivity contribution in [3.05, 3.63) is 84.9 Å². The van der Waals surface area contributed by atoms with Crippen molar-refractivity contribution in [2.24, 2.45) is 0 Å². The zero-order chi connectivity index (χ0) is 20.1. The summed E-state index contributed by atoms with van der Waals surface area (Å²) in [6.07, 6.45) is 6.80. The van der Waals surface area contributed by atoms with E-state index in [0.29, 0.717) is 16.9 Å². The first-order valence-electron chi connectivity index (χ1n) is 9.20. The zero-order valence-electron chi connectivity index (χ0n) is 15.8. The molecule has 1 N–H and O–H groups in total. The molecule has 0 aliphatic rings. The van der Waals surface area contributed by atoms with Gasteiger partial charge in [-0.15, -0.1) is 11.8 Å². The normalized spacial score (nSPS) is 10.7. The number of carbonyl (C=O) groups excluding carboxylic acids is 1. The van der Waals surface area contributed by atoms with Crippen molar-refractivity contribution in [2.45, 2.75) is 11.9 Å². The molecule has 4 rings (SSSR count). The molecule has 4 aromatic rings. The summed E-state index contributed by atoms with van der Waals surface area (Å²) in [5, 5.41) is 8.50. The van der Waals surface area contributed by atoms with Crippen LogP contribution in [0.3, 0.4) is 0 Å². The lowest BCUT2D eigenvalue weighted by molar-refractivity contribution is 0.102. The lowest BCUT2D eigenvalue weighted by Crippen LogP contribution is -2.12. The predicted octanol–water partition coefficient (Wildman–Crippen LogP) is 4.69. The van der Waals surface area contributed by atoms with Crippen LogP contribution in [0.15, 0.2) is 84.4 Å². The maximum absolute atomic E-state index is 13.0. The number of nitrogens with zero attached hydrogens (tertiary/aromatic N) is 4. The molecule has 1 amide bonds. The van der Waals surface area contributed by atoms with Gasteiger partial charge in [-0.2, -0.15) is 5.10 Å². The highest BCUT2D eigenvalue weighted by molar-refractivity contribution is 7.99. The largest absolute Gasteiger partial charge is 0.320 e. The van der Waals surface area contributed by atoms with Crippen molar-refractivity contribution in [1.29, 1.82) is 0 Å². The predicted molar refractivity (Wildman–Crippen MR) is 115 cm³/mol. The average molecular weight is 401 g/mol. The molecular formula is C22H19N5OS. The molecule has 0 fully saturated rings. The van der Waals surface area contributed by atoms with Crippen LogP contribution in [0.4, 0.5) is 5.69 Å². The summed E-state index contributed by atoms with van der Waals surface area (Å²) in [7, 11) is 0. The van der Waals surface area contributed by atoms with Gasteiger partial charge in [0.2, 0.25) is 0 Å². The number of pyridine rings is 2. The zero-order valence-corrected chi connectivity index (χ0v) is 16.6. The number of hydrogen-bond donors (Lipinski definition) is 1. The molecule has 1 aromatic carbocycles. The van der Waals surface area contributed by atoms with E-state index in [-0.39, 0.29) is 5.91 Å². The molecule has 3 heterocycles. The molecule has 0 atom stereocenters. The standard InChI is InChI=1S/C22H19N5OS/c1-2-29-20-11-10-17(14-24-20)25-22(28)19-15-27(18-8-4-3-5-9-18)26-21(19)16-7-6-12-23-13-16/h3-15H,2H2,1H3,(H,25,28). The number of benzene rings is 1. The monoisotopic (exact) mass is 401 g/mol. The summed E-state index contributed by atoms with van der Waals surface area (Å²) in [5.41, 5.74) is 3.33. The van der Waals surface area contributed by atoms with Crippen molar-refractivity contribution in [1.82, 2.24) is 19.7 Å². The number of hydrogen-bond acceptors (Lipinski definition) is 5. The van der Waals surface area contributed by atoms with Crippen LogP contribution in [0.2, 0.25) is 0 Å². The first kappa shape index (κ1) is 18.9. The summed E-state index contributed by atoms with van der Waals surface area (Å²) in [5.74, 6) is 0.704. The minimum absolute atomic E-state index is 0.247. The SMILES string of the molecule is CCSc1ccc(NC(=O)c2cn(-c3ccccc3)nc2-c2cccnc2)cn1. The van der Waals surface area contributed by atoms with Crippen LogP contribution >= 0.6 is 11.8 Å². The Labute approximate surface area is 173 Å². The Morgan fingerprint density at radius 2 is 1.93 bits per heavy atom. The van der Waals surface area contributed by atoms with Crippen molar-refractivity contribution < 1.29 is 4.79 Å². The number of aromatic nitrogens is 4. The third-order valence-corrected chi connectivity index (χ3v) is 5.03. The smallest absolute Gasteiger partial charge is 0.259 e. The Bertz CT molecular complexity index is 1100. The van der Waals surface area contributed by atoms with Gasteiger partial charge >= 0.3 is 0 Å².